The molecule has 0 amide bonds. The van der Waals surface area contributed by atoms with Crippen LogP contribution in [0.3, 0.4) is 0 Å². The maximum Gasteiger partial charge on any atom is 0.417 e. The molecule has 2 heterocycles. The van der Waals surface area contributed by atoms with Crippen molar-refractivity contribution in [2.24, 2.45) is 0 Å². The Morgan fingerprint density at radius 2 is 1.76 bits per heavy atom. The van der Waals surface area contributed by atoms with E-state index in [-0.39, 0.29) is 17.5 Å². The van der Waals surface area contributed by atoms with Gasteiger partial charge in [-0.3, -0.25) is 9.88 Å². The standard InChI is InChI=1S/C21H25N3O4S/c25-21-23-18-14-17(10-11-20(18)28-21)29(26,27)22-15-19(16-8-4-3-5-9-16)24-12-6-1-2-7-13-24/h3-5,8-11,14,19,22H,1-2,6-7,12-13,15H2,(H,23,25)/t19-/m0/s1. The summed E-state index contributed by atoms with van der Waals surface area (Å²) in [4.78, 5) is 16.3. The lowest BCUT2D eigenvalue weighted by Crippen LogP contribution is -2.38. The van der Waals surface area contributed by atoms with Crippen molar-refractivity contribution in [3.05, 3.63) is 64.6 Å². The van der Waals surface area contributed by atoms with Gasteiger partial charge in [-0.1, -0.05) is 43.2 Å². The highest BCUT2D eigenvalue weighted by Crippen LogP contribution is 2.25. The van der Waals surface area contributed by atoms with Crippen molar-refractivity contribution in [2.45, 2.75) is 36.6 Å². The van der Waals surface area contributed by atoms with Crippen molar-refractivity contribution in [1.29, 1.82) is 0 Å². The number of aromatic amines is 1. The number of nitrogens with zero attached hydrogens (tertiary/aromatic N) is 1. The number of nitrogens with one attached hydrogen (secondary N) is 2. The molecule has 1 saturated heterocycles. The maximum atomic E-state index is 12.9. The molecule has 1 aliphatic heterocycles. The van der Waals surface area contributed by atoms with Gasteiger partial charge in [0.2, 0.25) is 10.0 Å². The molecule has 7 nitrogen and oxygen atoms in total. The predicted molar refractivity (Wildman–Crippen MR) is 111 cm³/mol. The van der Waals surface area contributed by atoms with E-state index in [0.29, 0.717) is 11.1 Å². The quantitative estimate of drug-likeness (QED) is 0.645. The Morgan fingerprint density at radius 3 is 2.48 bits per heavy atom. The zero-order chi connectivity index (χ0) is 20.3. The minimum absolute atomic E-state index is 0.0264. The highest BCUT2D eigenvalue weighted by Gasteiger charge is 2.24. The second-order valence-corrected chi connectivity index (χ2v) is 9.17. The number of benzene rings is 2. The average molecular weight is 416 g/mol. The summed E-state index contributed by atoms with van der Waals surface area (Å²) in [6, 6.07) is 14.4. The number of aromatic nitrogens is 1. The second kappa shape index (κ2) is 8.52. The molecular weight excluding hydrogens is 390 g/mol. The first kappa shape index (κ1) is 19.9. The molecule has 0 aliphatic carbocycles. The van der Waals surface area contributed by atoms with Crippen LogP contribution in [0.2, 0.25) is 0 Å². The van der Waals surface area contributed by atoms with Gasteiger partial charge in [0.1, 0.15) is 0 Å². The summed E-state index contributed by atoms with van der Waals surface area (Å²) in [7, 11) is -3.73. The Hall–Kier alpha value is -2.42. The van der Waals surface area contributed by atoms with Crippen LogP contribution >= 0.6 is 0 Å². The molecule has 4 rings (SSSR count). The third-order valence-corrected chi connectivity index (χ3v) is 6.85. The monoisotopic (exact) mass is 415 g/mol. The van der Waals surface area contributed by atoms with Gasteiger partial charge in [-0.2, -0.15) is 0 Å². The van der Waals surface area contributed by atoms with Gasteiger partial charge in [-0.15, -0.1) is 0 Å². The predicted octanol–water partition coefficient (Wildman–Crippen LogP) is 3.02. The molecule has 1 aliphatic rings. The smallest absolute Gasteiger partial charge is 0.408 e. The molecule has 1 aromatic heterocycles. The molecule has 2 N–H and O–H groups in total. The SMILES string of the molecule is O=c1[nH]c2cc(S(=O)(=O)NC[C@@H](c3ccccc3)N3CCCCCC3)ccc2o1. The lowest BCUT2D eigenvalue weighted by Gasteiger charge is -2.31. The molecule has 2 aromatic carbocycles. The molecule has 1 atom stereocenters. The largest absolute Gasteiger partial charge is 0.417 e. The fourth-order valence-corrected chi connectivity index (χ4v) is 4.97. The van der Waals surface area contributed by atoms with E-state index >= 15 is 0 Å². The van der Waals surface area contributed by atoms with Crippen molar-refractivity contribution in [2.75, 3.05) is 19.6 Å². The van der Waals surface area contributed by atoms with E-state index in [0.717, 1.165) is 31.5 Å². The van der Waals surface area contributed by atoms with Crippen LogP contribution in [0.1, 0.15) is 37.3 Å². The number of rotatable bonds is 6. The first-order chi connectivity index (χ1) is 14.0. The van der Waals surface area contributed by atoms with Gasteiger partial charge in [-0.25, -0.2) is 17.9 Å². The minimum atomic E-state index is -3.73. The fraction of sp³-hybridized carbons (Fsp3) is 0.381. The van der Waals surface area contributed by atoms with E-state index in [2.05, 4.69) is 14.6 Å². The lowest BCUT2D eigenvalue weighted by atomic mass is 10.1. The van der Waals surface area contributed by atoms with Crippen molar-refractivity contribution in [3.8, 4) is 0 Å². The first-order valence-electron chi connectivity index (χ1n) is 9.94. The van der Waals surface area contributed by atoms with Gasteiger partial charge in [0, 0.05) is 12.6 Å². The summed E-state index contributed by atoms with van der Waals surface area (Å²) in [5.41, 5.74) is 1.80. The molecule has 0 saturated carbocycles. The summed E-state index contributed by atoms with van der Waals surface area (Å²) in [6.07, 6.45) is 4.68. The van der Waals surface area contributed by atoms with Crippen molar-refractivity contribution in [3.63, 3.8) is 0 Å². The van der Waals surface area contributed by atoms with E-state index in [1.54, 1.807) is 0 Å². The topological polar surface area (TPSA) is 95.4 Å². The Kier molecular flexibility index (Phi) is 5.84. The number of sulfonamides is 1. The summed E-state index contributed by atoms with van der Waals surface area (Å²) < 4.78 is 33.6. The summed E-state index contributed by atoms with van der Waals surface area (Å²) >= 11 is 0. The lowest BCUT2D eigenvalue weighted by molar-refractivity contribution is 0.206. The third-order valence-electron chi connectivity index (χ3n) is 5.43. The molecule has 3 aromatic rings. The van der Waals surface area contributed by atoms with E-state index in [1.807, 2.05) is 30.3 Å². The van der Waals surface area contributed by atoms with Crippen molar-refractivity contribution < 1.29 is 12.8 Å². The molecule has 0 radical (unpaired) electrons. The molecule has 0 bridgehead atoms. The average Bonchev–Trinajstić information content (AvgIpc) is 2.90. The van der Waals surface area contributed by atoms with Gasteiger partial charge in [0.05, 0.1) is 10.4 Å². The van der Waals surface area contributed by atoms with E-state index < -0.39 is 15.8 Å². The highest BCUT2D eigenvalue weighted by atomic mass is 32.2. The van der Waals surface area contributed by atoms with Gasteiger partial charge in [0.25, 0.3) is 0 Å². The number of fused-ring (bicyclic) bond motifs is 1. The van der Waals surface area contributed by atoms with E-state index in [9.17, 15) is 13.2 Å². The van der Waals surface area contributed by atoms with Gasteiger partial charge >= 0.3 is 5.76 Å². The Bertz CT molecular complexity index is 1110. The minimum Gasteiger partial charge on any atom is -0.408 e. The molecule has 154 valence electrons. The number of oxazole rings is 1. The highest BCUT2D eigenvalue weighted by molar-refractivity contribution is 7.89. The van der Waals surface area contributed by atoms with Crippen LogP contribution in [-0.4, -0.2) is 37.9 Å². The number of hydrogen-bond acceptors (Lipinski definition) is 5. The fourth-order valence-electron chi connectivity index (χ4n) is 3.91. The van der Waals surface area contributed by atoms with Crippen molar-refractivity contribution in [1.82, 2.24) is 14.6 Å². The molecule has 29 heavy (non-hydrogen) atoms. The van der Waals surface area contributed by atoms with Crippen LogP contribution < -0.4 is 10.5 Å². The zero-order valence-corrected chi connectivity index (χ0v) is 17.0. The van der Waals surface area contributed by atoms with Crippen LogP contribution in [0.25, 0.3) is 11.1 Å². The summed E-state index contributed by atoms with van der Waals surface area (Å²) in [6.45, 7) is 2.21. The molecule has 1 fully saturated rings. The van der Waals surface area contributed by atoms with Crippen LogP contribution in [0, 0.1) is 0 Å². The van der Waals surface area contributed by atoms with Crippen LogP contribution in [-0.2, 0) is 10.0 Å². The number of hydrogen-bond donors (Lipinski definition) is 2. The number of likely N-dealkylation sites (tertiary alicyclic amines) is 1. The molecule has 8 heteroatoms. The van der Waals surface area contributed by atoms with E-state index in [1.165, 1.54) is 31.0 Å². The number of H-pyrrole nitrogens is 1. The summed E-state index contributed by atoms with van der Waals surface area (Å²) in [5, 5.41) is 0. The Labute approximate surface area is 169 Å². The zero-order valence-electron chi connectivity index (χ0n) is 16.1. The molecule has 0 spiro atoms. The Balaban J connectivity index is 1.57. The van der Waals surface area contributed by atoms with Gasteiger partial charge < -0.3 is 4.42 Å². The van der Waals surface area contributed by atoms with Gasteiger partial charge in [0.15, 0.2) is 5.58 Å². The third kappa shape index (κ3) is 4.60. The van der Waals surface area contributed by atoms with Crippen LogP contribution in [0.4, 0.5) is 0 Å². The van der Waals surface area contributed by atoms with E-state index in [4.69, 9.17) is 4.42 Å². The van der Waals surface area contributed by atoms with Gasteiger partial charge in [-0.05, 0) is 49.7 Å². The van der Waals surface area contributed by atoms with Crippen LogP contribution in [0.15, 0.2) is 62.6 Å². The molecule has 0 unspecified atom stereocenters. The normalized spacial score (nSPS) is 17.2. The molecular formula is C21H25N3O4S. The van der Waals surface area contributed by atoms with Crippen molar-refractivity contribution >= 4 is 21.1 Å². The maximum absolute atomic E-state index is 12.9. The summed E-state index contributed by atoms with van der Waals surface area (Å²) in [5.74, 6) is -0.604. The van der Waals surface area contributed by atoms with Crippen LogP contribution in [0.5, 0.6) is 0 Å². The second-order valence-electron chi connectivity index (χ2n) is 7.40. The Morgan fingerprint density at radius 1 is 1.03 bits per heavy atom. The first-order valence-corrected chi connectivity index (χ1v) is 11.4.